The quantitative estimate of drug-likeness (QED) is 0.475. The van der Waals surface area contributed by atoms with Gasteiger partial charge in [-0.2, -0.15) is 0 Å². The summed E-state index contributed by atoms with van der Waals surface area (Å²) in [5, 5.41) is 11.1. The summed E-state index contributed by atoms with van der Waals surface area (Å²) in [7, 11) is 1.56. The summed E-state index contributed by atoms with van der Waals surface area (Å²) >= 11 is 0. The van der Waals surface area contributed by atoms with Crippen molar-refractivity contribution in [1.82, 2.24) is 25.2 Å². The maximum atomic E-state index is 13.5. The summed E-state index contributed by atoms with van der Waals surface area (Å²) in [6.45, 7) is 1.54. The second-order valence-corrected chi connectivity index (χ2v) is 7.62. The molecule has 2 amide bonds. The highest BCUT2D eigenvalue weighted by Gasteiger charge is 2.36. The molecule has 32 heavy (non-hydrogen) atoms. The van der Waals surface area contributed by atoms with Crippen molar-refractivity contribution >= 4 is 22.8 Å². The highest BCUT2D eigenvalue weighted by atomic mass is 16.5. The third kappa shape index (κ3) is 4.97. The van der Waals surface area contributed by atoms with Crippen LogP contribution in [0.5, 0.6) is 0 Å². The fraction of sp³-hybridized carbons (Fsp3) is 0.455. The van der Waals surface area contributed by atoms with E-state index in [0.29, 0.717) is 31.0 Å². The molecule has 1 aliphatic rings. The lowest BCUT2D eigenvalue weighted by molar-refractivity contribution is -0.144. The molecule has 2 unspecified atom stereocenters. The number of fused-ring (bicyclic) bond motifs is 1. The van der Waals surface area contributed by atoms with Gasteiger partial charge < -0.3 is 24.1 Å². The number of benzene rings is 1. The van der Waals surface area contributed by atoms with E-state index in [4.69, 9.17) is 13.9 Å². The average Bonchev–Trinajstić information content (AvgIpc) is 3.57. The zero-order chi connectivity index (χ0) is 22.3. The monoisotopic (exact) mass is 441 g/mol. The van der Waals surface area contributed by atoms with Crippen LogP contribution in [0.1, 0.15) is 24.6 Å². The number of nitrogens with zero attached hydrogens (tertiary/aromatic N) is 4. The molecule has 2 aromatic heterocycles. The Balaban J connectivity index is 1.62. The predicted octanol–water partition coefficient (Wildman–Crippen LogP) is 1.54. The zero-order valence-corrected chi connectivity index (χ0v) is 18.0. The van der Waals surface area contributed by atoms with Gasteiger partial charge in [0.25, 0.3) is 5.91 Å². The summed E-state index contributed by atoms with van der Waals surface area (Å²) in [5.74, 6) is -0.235. The molecule has 1 fully saturated rings. The molecule has 0 radical (unpaired) electrons. The second-order valence-electron chi connectivity index (χ2n) is 7.62. The molecule has 0 saturated carbocycles. The minimum atomic E-state index is -0.937. The van der Waals surface area contributed by atoms with Crippen LogP contribution in [0, 0.1) is 0 Å². The van der Waals surface area contributed by atoms with Crippen LogP contribution in [-0.4, -0.2) is 71.2 Å². The number of furan rings is 1. The molecule has 10 nitrogen and oxygen atoms in total. The molecule has 0 spiro atoms. The van der Waals surface area contributed by atoms with E-state index in [1.807, 2.05) is 24.3 Å². The van der Waals surface area contributed by atoms with Crippen LogP contribution in [0.4, 0.5) is 0 Å². The Hall–Kier alpha value is -3.24. The van der Waals surface area contributed by atoms with Crippen LogP contribution < -0.4 is 5.32 Å². The summed E-state index contributed by atoms with van der Waals surface area (Å²) in [5.41, 5.74) is 1.45. The summed E-state index contributed by atoms with van der Waals surface area (Å²) in [6, 6.07) is 9.88. The van der Waals surface area contributed by atoms with Crippen LogP contribution in [0.15, 0.2) is 47.1 Å². The van der Waals surface area contributed by atoms with Crippen LogP contribution in [0.25, 0.3) is 11.0 Å². The van der Waals surface area contributed by atoms with Gasteiger partial charge in [0.05, 0.1) is 24.5 Å². The lowest BCUT2D eigenvalue weighted by Crippen LogP contribution is -2.48. The average molecular weight is 441 g/mol. The first-order valence-corrected chi connectivity index (χ1v) is 10.7. The molecule has 0 bridgehead atoms. The summed E-state index contributed by atoms with van der Waals surface area (Å²) in [4.78, 5) is 28.2. The normalized spacial score (nSPS) is 16.8. The number of ether oxygens (including phenoxy) is 2. The number of rotatable bonds is 10. The predicted molar refractivity (Wildman–Crippen MR) is 115 cm³/mol. The smallest absolute Gasteiger partial charge is 0.250 e. The van der Waals surface area contributed by atoms with Gasteiger partial charge in [0.1, 0.15) is 17.8 Å². The first-order valence-electron chi connectivity index (χ1n) is 10.7. The lowest BCUT2D eigenvalue weighted by Gasteiger charge is -2.31. The molecule has 1 aromatic carbocycles. The topological polar surface area (TPSA) is 112 Å². The van der Waals surface area contributed by atoms with Gasteiger partial charge in [-0.1, -0.05) is 17.3 Å². The fourth-order valence-electron chi connectivity index (χ4n) is 3.86. The highest BCUT2D eigenvalue weighted by Crippen LogP contribution is 2.25. The SMILES string of the molecule is COCCNC(=O)C(c1ccco1)N(CC1CCCO1)C(=O)Cn1nnc2ccccc21. The van der Waals surface area contributed by atoms with E-state index < -0.39 is 6.04 Å². The Morgan fingerprint density at radius 2 is 2.19 bits per heavy atom. The number of hydrogen-bond acceptors (Lipinski definition) is 7. The minimum Gasteiger partial charge on any atom is -0.467 e. The van der Waals surface area contributed by atoms with Crippen LogP contribution >= 0.6 is 0 Å². The van der Waals surface area contributed by atoms with E-state index in [-0.39, 0.29) is 31.0 Å². The minimum absolute atomic E-state index is 0.0597. The van der Waals surface area contributed by atoms with Crippen LogP contribution in [0.3, 0.4) is 0 Å². The first-order chi connectivity index (χ1) is 15.7. The van der Waals surface area contributed by atoms with Gasteiger partial charge in [-0.05, 0) is 37.1 Å². The van der Waals surface area contributed by atoms with Crippen molar-refractivity contribution in [2.45, 2.75) is 31.5 Å². The number of para-hydroxylation sites is 1. The van der Waals surface area contributed by atoms with Crippen LogP contribution in [-0.2, 0) is 25.6 Å². The van der Waals surface area contributed by atoms with Crippen molar-refractivity contribution in [3.05, 3.63) is 48.4 Å². The lowest BCUT2D eigenvalue weighted by atomic mass is 10.1. The number of carbonyl (C=O) groups is 2. The van der Waals surface area contributed by atoms with E-state index in [0.717, 1.165) is 18.4 Å². The molecular formula is C22H27N5O5. The molecule has 1 N–H and O–H groups in total. The van der Waals surface area contributed by atoms with E-state index in [1.165, 1.54) is 11.2 Å². The molecule has 3 heterocycles. The number of nitrogens with one attached hydrogen (secondary N) is 1. The van der Waals surface area contributed by atoms with Gasteiger partial charge in [0, 0.05) is 26.8 Å². The zero-order valence-electron chi connectivity index (χ0n) is 18.0. The number of aromatic nitrogens is 3. The maximum Gasteiger partial charge on any atom is 0.250 e. The van der Waals surface area contributed by atoms with Crippen molar-refractivity contribution < 1.29 is 23.5 Å². The third-order valence-corrected chi connectivity index (χ3v) is 5.43. The van der Waals surface area contributed by atoms with Gasteiger partial charge in [0.15, 0.2) is 6.04 Å². The van der Waals surface area contributed by atoms with Crippen molar-refractivity contribution in [2.24, 2.45) is 0 Å². The molecule has 2 atom stereocenters. The number of methoxy groups -OCH3 is 1. The molecule has 4 rings (SSSR count). The Kier molecular flexibility index (Phi) is 7.13. The molecule has 10 heteroatoms. The Labute approximate surface area is 185 Å². The van der Waals surface area contributed by atoms with Gasteiger partial charge in [0.2, 0.25) is 5.91 Å². The molecule has 0 aliphatic carbocycles. The van der Waals surface area contributed by atoms with Crippen molar-refractivity contribution in [2.75, 3.05) is 33.4 Å². The van der Waals surface area contributed by atoms with Gasteiger partial charge >= 0.3 is 0 Å². The summed E-state index contributed by atoms with van der Waals surface area (Å²) < 4.78 is 17.9. The highest BCUT2D eigenvalue weighted by molar-refractivity contribution is 5.88. The Morgan fingerprint density at radius 3 is 2.94 bits per heavy atom. The Morgan fingerprint density at radius 1 is 1.31 bits per heavy atom. The summed E-state index contributed by atoms with van der Waals surface area (Å²) in [6.07, 6.45) is 3.10. The number of carbonyl (C=O) groups excluding carboxylic acids is 2. The molecular weight excluding hydrogens is 414 g/mol. The van der Waals surface area contributed by atoms with Crippen molar-refractivity contribution in [1.29, 1.82) is 0 Å². The fourth-order valence-corrected chi connectivity index (χ4v) is 3.86. The molecule has 1 saturated heterocycles. The second kappa shape index (κ2) is 10.4. The first kappa shape index (κ1) is 22.0. The van der Waals surface area contributed by atoms with Crippen LogP contribution in [0.2, 0.25) is 0 Å². The number of hydrogen-bond donors (Lipinski definition) is 1. The largest absolute Gasteiger partial charge is 0.467 e. The van der Waals surface area contributed by atoms with E-state index in [2.05, 4.69) is 15.6 Å². The van der Waals surface area contributed by atoms with Gasteiger partial charge in [-0.3, -0.25) is 9.59 Å². The van der Waals surface area contributed by atoms with Crippen molar-refractivity contribution in [3.8, 4) is 0 Å². The Bertz CT molecular complexity index is 1030. The van der Waals surface area contributed by atoms with E-state index in [1.54, 1.807) is 23.9 Å². The molecule has 1 aliphatic heterocycles. The maximum absolute atomic E-state index is 13.5. The standard InChI is InChI=1S/C22H27N5O5/c1-30-13-10-23-22(29)21(19-9-5-12-32-19)26(14-16-6-4-11-31-16)20(28)15-27-18-8-3-2-7-17(18)24-25-27/h2-3,5,7-9,12,16,21H,4,6,10-11,13-15H2,1H3,(H,23,29). The molecule has 3 aromatic rings. The van der Waals surface area contributed by atoms with E-state index >= 15 is 0 Å². The van der Waals surface area contributed by atoms with Crippen molar-refractivity contribution in [3.63, 3.8) is 0 Å². The van der Waals surface area contributed by atoms with Gasteiger partial charge in [-0.25, -0.2) is 4.68 Å². The van der Waals surface area contributed by atoms with E-state index in [9.17, 15) is 9.59 Å². The molecule has 170 valence electrons. The van der Waals surface area contributed by atoms with Gasteiger partial charge in [-0.15, -0.1) is 5.10 Å². The number of amides is 2. The third-order valence-electron chi connectivity index (χ3n) is 5.43.